The molecule has 0 aliphatic carbocycles. The van der Waals surface area contributed by atoms with Crippen LogP contribution < -0.4 is 0 Å². The highest BCUT2D eigenvalue weighted by molar-refractivity contribution is 7.91. The van der Waals surface area contributed by atoms with Crippen molar-refractivity contribution in [3.8, 4) is 0 Å². The van der Waals surface area contributed by atoms with E-state index in [4.69, 9.17) is 5.11 Å². The smallest absolute Gasteiger partial charge is 0.379 e. The Morgan fingerprint density at radius 1 is 1.32 bits per heavy atom. The molecule has 122 valence electrons. The van der Waals surface area contributed by atoms with Crippen molar-refractivity contribution in [1.82, 2.24) is 0 Å². The molecule has 0 aromatic heterocycles. The molecule has 4 nitrogen and oxygen atoms in total. The van der Waals surface area contributed by atoms with Crippen molar-refractivity contribution in [3.63, 3.8) is 0 Å². The van der Waals surface area contributed by atoms with Gasteiger partial charge >= 0.3 is 11.9 Å². The van der Waals surface area contributed by atoms with E-state index < -0.39 is 39.4 Å². The lowest BCUT2D eigenvalue weighted by Gasteiger charge is -2.19. The molecule has 0 fully saturated rings. The molecule has 0 aliphatic heterocycles. The number of rotatable bonds is 4. The van der Waals surface area contributed by atoms with Crippen LogP contribution in [-0.2, 0) is 22.1 Å². The van der Waals surface area contributed by atoms with Crippen molar-refractivity contribution < 1.29 is 27.6 Å². The average molecular weight is 335 g/mol. The van der Waals surface area contributed by atoms with Gasteiger partial charge in [0.1, 0.15) is 21.9 Å². The predicted molar refractivity (Wildman–Crippen MR) is 78.0 cm³/mol. The molecule has 8 heteroatoms. The number of nitrogens with zero attached hydrogens (tertiary/aromatic N) is 1. The Morgan fingerprint density at radius 3 is 2.32 bits per heavy atom. The number of hydrogen-bond donors (Lipinski definition) is 1. The normalized spacial score (nSPS) is 14.8. The van der Waals surface area contributed by atoms with Crippen LogP contribution in [0, 0.1) is 5.82 Å². The number of carbonyl (C=O) groups is 1. The van der Waals surface area contributed by atoms with Gasteiger partial charge in [0.25, 0.3) is 0 Å². The third-order valence-electron chi connectivity index (χ3n) is 2.73. The summed E-state index contributed by atoms with van der Waals surface area (Å²) in [6.45, 7) is 6.50. The lowest BCUT2D eigenvalue weighted by molar-refractivity contribution is -0.166. The van der Waals surface area contributed by atoms with Crippen LogP contribution >= 0.6 is 0 Å². The van der Waals surface area contributed by atoms with Gasteiger partial charge in [0.2, 0.25) is 0 Å². The van der Waals surface area contributed by atoms with Crippen molar-refractivity contribution in [3.05, 3.63) is 35.1 Å². The van der Waals surface area contributed by atoms with Crippen LogP contribution in [0.3, 0.4) is 0 Å². The van der Waals surface area contributed by atoms with E-state index in [1.54, 1.807) is 20.8 Å². The maximum atomic E-state index is 13.5. The van der Waals surface area contributed by atoms with Gasteiger partial charge in [-0.2, -0.15) is 8.78 Å². The van der Waals surface area contributed by atoms with Crippen LogP contribution in [0.25, 0.3) is 0 Å². The molecule has 1 aromatic rings. The second kappa shape index (κ2) is 6.29. The second-order valence-corrected chi connectivity index (χ2v) is 7.52. The zero-order valence-corrected chi connectivity index (χ0v) is 13.3. The van der Waals surface area contributed by atoms with Crippen LogP contribution in [0.2, 0.25) is 0 Å². The number of aliphatic carboxylic acids is 1. The fraction of sp³-hybridized carbons (Fsp3) is 0.429. The van der Waals surface area contributed by atoms with E-state index in [-0.39, 0.29) is 11.3 Å². The number of carboxylic acids is 1. The lowest BCUT2D eigenvalue weighted by Crippen LogP contribution is -2.28. The third-order valence-corrected chi connectivity index (χ3v) is 4.22. The van der Waals surface area contributed by atoms with Crippen LogP contribution in [0.4, 0.5) is 13.2 Å². The van der Waals surface area contributed by atoms with Crippen LogP contribution in [-0.4, -0.2) is 26.1 Å². The summed E-state index contributed by atoms with van der Waals surface area (Å²) in [5, 5.41) is 8.51. The van der Waals surface area contributed by atoms with E-state index in [2.05, 4.69) is 4.40 Å². The Kier molecular flexibility index (Phi) is 5.30. The summed E-state index contributed by atoms with van der Waals surface area (Å²) in [7, 11) is 0. The molecule has 0 amide bonds. The molecule has 22 heavy (non-hydrogen) atoms. The molecule has 1 rings (SSSR count). The van der Waals surface area contributed by atoms with Gasteiger partial charge in [0, 0.05) is 5.56 Å². The van der Waals surface area contributed by atoms with E-state index >= 15 is 0 Å². The predicted octanol–water partition coefficient (Wildman–Crippen LogP) is 3.27. The molecular formula is C14H16F3NO3S. The highest BCUT2D eigenvalue weighted by Crippen LogP contribution is 2.31. The maximum Gasteiger partial charge on any atom is 0.379 e. The van der Waals surface area contributed by atoms with Crippen molar-refractivity contribution in [2.45, 2.75) is 38.4 Å². The quantitative estimate of drug-likeness (QED) is 0.678. The first kappa shape index (κ1) is 18.5. The molecule has 1 aromatic carbocycles. The minimum Gasteiger partial charge on any atom is -0.591 e. The van der Waals surface area contributed by atoms with Gasteiger partial charge in [-0.3, -0.25) is 0 Å². The Morgan fingerprint density at radius 2 is 1.86 bits per heavy atom. The summed E-state index contributed by atoms with van der Waals surface area (Å²) in [5.74, 6) is -8.14. The summed E-state index contributed by atoms with van der Waals surface area (Å²) in [6.07, 6.45) is 0. The zero-order valence-electron chi connectivity index (χ0n) is 12.5. The number of alkyl halides is 2. The minimum absolute atomic E-state index is 0.0786. The van der Waals surface area contributed by atoms with E-state index in [0.29, 0.717) is 6.07 Å². The summed E-state index contributed by atoms with van der Waals surface area (Å²) >= 11 is -1.62. The average Bonchev–Trinajstić information content (AvgIpc) is 2.37. The van der Waals surface area contributed by atoms with Crippen LogP contribution in [0.1, 0.15) is 38.8 Å². The highest BCUT2D eigenvalue weighted by atomic mass is 32.2. The SMILES string of the molecule is CC(=N[S+]([O-])C(C)(C)C)c1ccc(F)c(C(F)(F)C(=O)O)c1. The zero-order chi connectivity index (χ0) is 17.3. The number of benzene rings is 1. The number of halogens is 3. The van der Waals surface area contributed by atoms with Crippen molar-refractivity contribution in [2.75, 3.05) is 0 Å². The van der Waals surface area contributed by atoms with Gasteiger partial charge in [-0.25, -0.2) is 9.18 Å². The van der Waals surface area contributed by atoms with Gasteiger partial charge in [-0.05, 0) is 39.8 Å². The molecule has 0 radical (unpaired) electrons. The van der Waals surface area contributed by atoms with Gasteiger partial charge in [-0.1, -0.05) is 10.5 Å². The summed E-state index contributed by atoms with van der Waals surface area (Å²) < 4.78 is 55.6. The molecule has 0 spiro atoms. The Balaban J connectivity index is 3.30. The number of carboxylic acid groups (broad SMARTS) is 1. The molecule has 1 unspecified atom stereocenters. The number of hydrogen-bond acceptors (Lipinski definition) is 3. The first-order valence-corrected chi connectivity index (χ1v) is 7.37. The lowest BCUT2D eigenvalue weighted by atomic mass is 10.0. The molecule has 0 heterocycles. The molecule has 0 saturated heterocycles. The van der Waals surface area contributed by atoms with E-state index in [1.807, 2.05) is 0 Å². The van der Waals surface area contributed by atoms with Crippen molar-refractivity contribution >= 4 is 23.0 Å². The topological polar surface area (TPSA) is 72.7 Å². The Hall–Kier alpha value is -1.54. The van der Waals surface area contributed by atoms with Crippen LogP contribution in [0.5, 0.6) is 0 Å². The van der Waals surface area contributed by atoms with Crippen LogP contribution in [0.15, 0.2) is 22.6 Å². The Labute approximate surface area is 129 Å². The molecule has 1 N–H and O–H groups in total. The third kappa shape index (κ3) is 4.01. The van der Waals surface area contributed by atoms with Crippen molar-refractivity contribution in [2.24, 2.45) is 4.40 Å². The van der Waals surface area contributed by atoms with Gasteiger partial charge in [-0.15, -0.1) is 0 Å². The standard InChI is InChI=1S/C14H16F3NO3S/c1-8(18-22(21)13(2,3)4)9-5-6-11(15)10(7-9)14(16,17)12(19)20/h5-7H,1-4H3,(H,19,20). The first-order valence-electron chi connectivity index (χ1n) is 6.26. The first-order chi connectivity index (χ1) is 9.87. The van der Waals surface area contributed by atoms with Gasteiger partial charge in [0.05, 0.1) is 11.3 Å². The van der Waals surface area contributed by atoms with Crippen molar-refractivity contribution in [1.29, 1.82) is 0 Å². The monoisotopic (exact) mass is 335 g/mol. The highest BCUT2D eigenvalue weighted by Gasteiger charge is 2.43. The molecule has 0 aliphatic rings. The summed E-state index contributed by atoms with van der Waals surface area (Å²) in [4.78, 5) is 10.6. The Bertz CT molecular complexity index is 612. The molecule has 0 bridgehead atoms. The van der Waals surface area contributed by atoms with Gasteiger partial charge < -0.3 is 9.66 Å². The van der Waals surface area contributed by atoms with E-state index in [1.165, 1.54) is 13.0 Å². The van der Waals surface area contributed by atoms with Gasteiger partial charge in [0.15, 0.2) is 0 Å². The van der Waals surface area contributed by atoms with E-state index in [0.717, 1.165) is 6.07 Å². The second-order valence-electron chi connectivity index (χ2n) is 5.61. The van der Waals surface area contributed by atoms with E-state index in [9.17, 15) is 22.5 Å². The molecule has 0 saturated carbocycles. The largest absolute Gasteiger partial charge is 0.591 e. The summed E-state index contributed by atoms with van der Waals surface area (Å²) in [5.41, 5.74) is -1.03. The molecule has 1 atom stereocenters. The fourth-order valence-corrected chi connectivity index (χ4v) is 2.05. The fourth-order valence-electron chi connectivity index (χ4n) is 1.42. The summed E-state index contributed by atoms with van der Waals surface area (Å²) in [6, 6.07) is 2.62. The maximum absolute atomic E-state index is 13.5. The molecular weight excluding hydrogens is 319 g/mol. The minimum atomic E-state index is -4.36.